The number of rotatable bonds is 10. The summed E-state index contributed by atoms with van der Waals surface area (Å²) in [6.07, 6.45) is -7.23. The molecule has 0 aliphatic heterocycles. The lowest BCUT2D eigenvalue weighted by molar-refractivity contribution is -0.382. The van der Waals surface area contributed by atoms with Crippen molar-refractivity contribution in [1.82, 2.24) is 0 Å². The topological polar surface area (TPSA) is 52.6 Å². The average Bonchev–Trinajstić information content (AvgIpc) is 2.97. The van der Waals surface area contributed by atoms with E-state index in [9.17, 15) is 39.2 Å². The highest BCUT2D eigenvalue weighted by molar-refractivity contribution is 8.33. The molecule has 0 N–H and O–H groups in total. The van der Waals surface area contributed by atoms with Gasteiger partial charge in [-0.2, -0.15) is 47.9 Å². The van der Waals surface area contributed by atoms with Crippen LogP contribution < -0.4 is 4.74 Å². The van der Waals surface area contributed by atoms with E-state index in [4.69, 9.17) is 8.37 Å². The van der Waals surface area contributed by atoms with Crippen molar-refractivity contribution in [2.75, 3.05) is 0 Å². The van der Waals surface area contributed by atoms with Crippen molar-refractivity contribution in [3.8, 4) is 11.5 Å². The lowest BCUT2D eigenvalue weighted by Gasteiger charge is -2.41. The predicted octanol–water partition coefficient (Wildman–Crippen LogP) is 10.1. The molecule has 0 spiro atoms. The number of benzene rings is 4. The number of ether oxygens (including phenoxy) is 1. The first-order valence-corrected chi connectivity index (χ1v) is 15.7. The molecule has 4 aromatic rings. The Kier molecular flexibility index (Phi) is 9.05. The van der Waals surface area contributed by atoms with Gasteiger partial charge < -0.3 is 4.74 Å². The third kappa shape index (κ3) is 6.12. The van der Waals surface area contributed by atoms with Gasteiger partial charge in [-0.25, -0.2) is 3.63 Å². The van der Waals surface area contributed by atoms with Crippen LogP contribution in [-0.2, 0) is 13.7 Å². The Morgan fingerprint density at radius 3 is 1.29 bits per heavy atom. The molecule has 4 nitrogen and oxygen atoms in total. The van der Waals surface area contributed by atoms with Gasteiger partial charge in [0.05, 0.1) is 0 Å². The number of alkyl halides is 9. The number of halogens is 9. The zero-order valence-electron chi connectivity index (χ0n) is 23.2. The van der Waals surface area contributed by atoms with Crippen molar-refractivity contribution in [2.45, 2.75) is 51.8 Å². The first-order valence-electron chi connectivity index (χ1n) is 12.7. The predicted molar refractivity (Wildman–Crippen MR) is 149 cm³/mol. The van der Waals surface area contributed by atoms with Crippen LogP contribution in [0.5, 0.6) is 11.5 Å². The highest BCUT2D eigenvalue weighted by atomic mass is 32.3. The summed E-state index contributed by atoms with van der Waals surface area (Å²) >= 11 is 0. The van der Waals surface area contributed by atoms with Gasteiger partial charge in [-0.1, -0.05) is 53.6 Å². The van der Waals surface area contributed by atoms with E-state index in [1.165, 1.54) is 72.8 Å². The molecule has 0 bridgehead atoms. The Hall–Kier alpha value is -3.69. The van der Waals surface area contributed by atoms with Crippen LogP contribution in [0.1, 0.15) is 11.1 Å². The second-order valence-electron chi connectivity index (χ2n) is 9.75. The minimum absolute atomic E-state index is 0.163. The normalized spacial score (nSPS) is 13.8. The zero-order chi connectivity index (χ0) is 33.5. The van der Waals surface area contributed by atoms with Gasteiger partial charge in [0, 0.05) is 14.7 Å². The van der Waals surface area contributed by atoms with Gasteiger partial charge in [0.2, 0.25) is 0 Å². The van der Waals surface area contributed by atoms with Crippen LogP contribution in [0, 0.1) is 13.8 Å². The third-order valence-corrected chi connectivity index (χ3v) is 11.7. The van der Waals surface area contributed by atoms with E-state index in [0.717, 1.165) is 0 Å². The van der Waals surface area contributed by atoms with Crippen LogP contribution in [0.25, 0.3) is 0 Å². The van der Waals surface area contributed by atoms with Crippen molar-refractivity contribution >= 4 is 20.4 Å². The Labute approximate surface area is 254 Å². The molecular formula is C30H23F9O4S2. The molecule has 0 saturated heterocycles. The third-order valence-electron chi connectivity index (χ3n) is 6.46. The van der Waals surface area contributed by atoms with E-state index in [0.29, 0.717) is 16.9 Å². The average molecular weight is 683 g/mol. The maximum absolute atomic E-state index is 15.1. The highest BCUT2D eigenvalue weighted by Gasteiger charge is 2.86. The maximum atomic E-state index is 15.1. The molecule has 0 aromatic heterocycles. The van der Waals surface area contributed by atoms with Gasteiger partial charge in [-0.05, 0) is 84.8 Å². The van der Waals surface area contributed by atoms with Crippen molar-refractivity contribution in [2.24, 2.45) is 0 Å². The summed E-state index contributed by atoms with van der Waals surface area (Å²) in [5, 5.41) is -7.07. The van der Waals surface area contributed by atoms with Crippen LogP contribution in [0.4, 0.5) is 39.5 Å². The summed E-state index contributed by atoms with van der Waals surface area (Å²) in [5.41, 5.74) is 1.18. The number of hydrogen-bond donors (Lipinski definition) is 0. The van der Waals surface area contributed by atoms with Gasteiger partial charge in [0.15, 0.2) is 0 Å². The number of aryl methyl sites for hydroxylation is 2. The molecule has 0 fully saturated rings. The molecule has 0 atom stereocenters. The Balaban J connectivity index is 1.97. The molecule has 0 saturated carbocycles. The van der Waals surface area contributed by atoms with Crippen LogP contribution in [0.2, 0.25) is 0 Å². The molecule has 0 heterocycles. The van der Waals surface area contributed by atoms with E-state index < -0.39 is 43.7 Å². The molecular weight excluding hydrogens is 659 g/mol. The molecule has 0 aliphatic carbocycles. The standard InChI is InChI=1S/C30H23F9O4S2/c1-20-8-14-24(15-9-20)44(25-16-10-21(2)11-17-25,26-18-12-23(13-19-26)42-22-6-4-3-5-7-22)43-45(40,41)30(38,39)28(33,34)27(31,32)29(35,36)37/h3-19H,1-2H3. The second-order valence-corrected chi connectivity index (χ2v) is 14.2. The van der Waals surface area contributed by atoms with Gasteiger partial charge in [0.25, 0.3) is 0 Å². The van der Waals surface area contributed by atoms with Crippen LogP contribution in [0.3, 0.4) is 0 Å². The number of hydrogen-bond acceptors (Lipinski definition) is 4. The second kappa shape index (κ2) is 11.9. The molecule has 242 valence electrons. The van der Waals surface area contributed by atoms with Gasteiger partial charge in [-0.3, -0.25) is 0 Å². The van der Waals surface area contributed by atoms with Crippen molar-refractivity contribution in [1.29, 1.82) is 0 Å². The van der Waals surface area contributed by atoms with E-state index >= 15 is 8.78 Å². The Morgan fingerprint density at radius 2 is 0.889 bits per heavy atom. The first-order chi connectivity index (χ1) is 20.8. The lowest BCUT2D eigenvalue weighted by Crippen LogP contribution is -2.63. The van der Waals surface area contributed by atoms with Gasteiger partial charge in [-0.15, -0.1) is 0 Å². The smallest absolute Gasteiger partial charge is 0.457 e. The van der Waals surface area contributed by atoms with Crippen molar-refractivity contribution in [3.63, 3.8) is 0 Å². The lowest BCUT2D eigenvalue weighted by atomic mass is 10.1. The fourth-order valence-corrected chi connectivity index (χ4v) is 9.18. The van der Waals surface area contributed by atoms with Gasteiger partial charge in [0.1, 0.15) is 11.5 Å². The van der Waals surface area contributed by atoms with Crippen LogP contribution in [0.15, 0.2) is 118 Å². The summed E-state index contributed by atoms with van der Waals surface area (Å²) in [6, 6.07) is 23.9. The quantitative estimate of drug-likeness (QED) is 0.156. The Morgan fingerprint density at radius 1 is 0.511 bits per heavy atom. The van der Waals surface area contributed by atoms with Crippen LogP contribution >= 0.6 is 10.3 Å². The van der Waals surface area contributed by atoms with Crippen molar-refractivity contribution < 1.29 is 56.3 Å². The maximum Gasteiger partial charge on any atom is 0.460 e. The Bertz CT molecular complexity index is 1680. The number of para-hydroxylation sites is 1. The summed E-state index contributed by atoms with van der Waals surface area (Å²) in [4.78, 5) is -0.584. The largest absolute Gasteiger partial charge is 0.460 e. The molecule has 45 heavy (non-hydrogen) atoms. The minimum atomic E-state index is -7.48. The van der Waals surface area contributed by atoms with Gasteiger partial charge >= 0.3 is 33.4 Å². The fourth-order valence-electron chi connectivity index (χ4n) is 4.00. The molecule has 15 heteroatoms. The highest BCUT2D eigenvalue weighted by Crippen LogP contribution is 2.71. The molecule has 0 amide bonds. The molecule has 0 aliphatic rings. The minimum Gasteiger partial charge on any atom is -0.457 e. The molecule has 0 radical (unpaired) electrons. The monoisotopic (exact) mass is 682 g/mol. The SMILES string of the molecule is Cc1ccc(S(OS(=O)(=O)C(F)(F)C(F)(F)C(F)(F)C(F)(F)F)(c2ccc(C)cc2)c2ccc(Oc3ccccc3)cc2)cc1. The van der Waals surface area contributed by atoms with E-state index in [2.05, 4.69) is 0 Å². The summed E-state index contributed by atoms with van der Waals surface area (Å²) in [7, 11) is -11.4. The molecule has 4 rings (SSSR count). The van der Waals surface area contributed by atoms with Crippen molar-refractivity contribution in [3.05, 3.63) is 114 Å². The van der Waals surface area contributed by atoms with E-state index in [1.807, 2.05) is 0 Å². The summed E-state index contributed by atoms with van der Waals surface area (Å²) < 4.78 is 162. The molecule has 4 aromatic carbocycles. The summed E-state index contributed by atoms with van der Waals surface area (Å²) in [5.74, 6) is -14.4. The molecule has 0 unspecified atom stereocenters. The van der Waals surface area contributed by atoms with Crippen LogP contribution in [-0.4, -0.2) is 31.7 Å². The first kappa shape index (κ1) is 34.2. The summed E-state index contributed by atoms with van der Waals surface area (Å²) in [6.45, 7) is 3.24. The fraction of sp³-hybridized carbons (Fsp3) is 0.200. The van der Waals surface area contributed by atoms with E-state index in [-0.39, 0.29) is 20.4 Å². The van der Waals surface area contributed by atoms with E-state index in [1.54, 1.807) is 44.2 Å². The zero-order valence-corrected chi connectivity index (χ0v) is 24.8.